The molecule has 0 aromatic carbocycles. The number of pyridine rings is 1. The minimum atomic E-state index is -0.348. The molecule has 1 atom stereocenters. The average Bonchev–Trinajstić information content (AvgIpc) is 2.28. The van der Waals surface area contributed by atoms with Crippen LogP contribution in [0.3, 0.4) is 0 Å². The third-order valence-corrected chi connectivity index (χ3v) is 2.49. The van der Waals surface area contributed by atoms with E-state index in [0.29, 0.717) is 6.42 Å². The lowest BCUT2D eigenvalue weighted by molar-refractivity contribution is 0.0945. The first-order valence-electron chi connectivity index (χ1n) is 4.66. The minimum Gasteiger partial charge on any atom is -0.338 e. The zero-order chi connectivity index (χ0) is 12.1. The van der Waals surface area contributed by atoms with Crippen molar-refractivity contribution in [2.75, 3.05) is 0 Å². The van der Waals surface area contributed by atoms with Crippen LogP contribution in [0.15, 0.2) is 12.3 Å². The molecule has 0 bridgehead atoms. The molecule has 0 saturated heterocycles. The van der Waals surface area contributed by atoms with E-state index in [1.54, 1.807) is 0 Å². The fraction of sp³-hybridized carbons (Fsp3) is 0.273. The molecule has 0 aliphatic rings. The van der Waals surface area contributed by atoms with Crippen molar-refractivity contribution >= 4 is 29.1 Å². The SMILES string of the molecule is C#CC(CC)NC(=O)c1cc(Cl)ncc1Cl. The number of halogens is 2. The maximum atomic E-state index is 11.8. The standard InChI is InChI=1S/C11H10Cl2N2O/c1-3-7(4-2)15-11(16)8-5-10(13)14-6-9(8)12/h1,5-7H,4H2,2H3,(H,15,16). The number of nitrogens with one attached hydrogen (secondary N) is 1. The van der Waals surface area contributed by atoms with Gasteiger partial charge in [0.15, 0.2) is 0 Å². The Balaban J connectivity index is 2.89. The van der Waals surface area contributed by atoms with Gasteiger partial charge in [0, 0.05) is 6.20 Å². The molecule has 1 unspecified atom stereocenters. The van der Waals surface area contributed by atoms with Crippen molar-refractivity contribution in [3.05, 3.63) is 28.0 Å². The molecule has 0 radical (unpaired) electrons. The van der Waals surface area contributed by atoms with Gasteiger partial charge in [-0.05, 0) is 12.5 Å². The molecule has 84 valence electrons. The van der Waals surface area contributed by atoms with Crippen LogP contribution in [0.5, 0.6) is 0 Å². The van der Waals surface area contributed by atoms with E-state index in [4.69, 9.17) is 29.6 Å². The van der Waals surface area contributed by atoms with Gasteiger partial charge in [-0.15, -0.1) is 6.42 Å². The smallest absolute Gasteiger partial charge is 0.253 e. The summed E-state index contributed by atoms with van der Waals surface area (Å²) in [7, 11) is 0. The molecule has 1 aromatic rings. The van der Waals surface area contributed by atoms with Gasteiger partial charge >= 0.3 is 0 Å². The van der Waals surface area contributed by atoms with E-state index in [2.05, 4.69) is 16.2 Å². The van der Waals surface area contributed by atoms with E-state index in [1.165, 1.54) is 12.3 Å². The van der Waals surface area contributed by atoms with Gasteiger partial charge in [-0.1, -0.05) is 36.0 Å². The van der Waals surface area contributed by atoms with Crippen LogP contribution < -0.4 is 5.32 Å². The van der Waals surface area contributed by atoms with Gasteiger partial charge in [0.05, 0.1) is 16.6 Å². The number of aromatic nitrogens is 1. The predicted molar refractivity (Wildman–Crippen MR) is 64.6 cm³/mol. The van der Waals surface area contributed by atoms with Crippen LogP contribution >= 0.6 is 23.2 Å². The lowest BCUT2D eigenvalue weighted by atomic mass is 10.2. The minimum absolute atomic E-state index is 0.211. The maximum Gasteiger partial charge on any atom is 0.253 e. The third kappa shape index (κ3) is 3.13. The third-order valence-electron chi connectivity index (χ3n) is 1.98. The quantitative estimate of drug-likeness (QED) is 0.667. The number of nitrogens with zero attached hydrogens (tertiary/aromatic N) is 1. The highest BCUT2D eigenvalue weighted by molar-refractivity contribution is 6.35. The zero-order valence-electron chi connectivity index (χ0n) is 8.63. The Kier molecular flexibility index (Phi) is 4.60. The second-order valence-electron chi connectivity index (χ2n) is 3.09. The summed E-state index contributed by atoms with van der Waals surface area (Å²) >= 11 is 11.5. The number of carbonyl (C=O) groups is 1. The fourth-order valence-electron chi connectivity index (χ4n) is 1.08. The predicted octanol–water partition coefficient (Wildman–Crippen LogP) is 2.53. The first-order chi connectivity index (χ1) is 7.58. The Labute approximate surface area is 104 Å². The van der Waals surface area contributed by atoms with Crippen LogP contribution in [0.2, 0.25) is 10.2 Å². The molecule has 1 heterocycles. The Morgan fingerprint density at radius 2 is 2.38 bits per heavy atom. The molecule has 0 aliphatic heterocycles. The van der Waals surface area contributed by atoms with E-state index < -0.39 is 0 Å². The molecule has 0 aliphatic carbocycles. The highest BCUT2D eigenvalue weighted by Gasteiger charge is 2.14. The number of hydrogen-bond acceptors (Lipinski definition) is 2. The van der Waals surface area contributed by atoms with E-state index in [-0.39, 0.29) is 27.7 Å². The summed E-state index contributed by atoms with van der Waals surface area (Å²) in [5.41, 5.74) is 0.273. The molecule has 1 rings (SSSR count). The van der Waals surface area contributed by atoms with E-state index in [0.717, 1.165) is 0 Å². The number of hydrogen-bond donors (Lipinski definition) is 1. The molecule has 0 spiro atoms. The molecule has 1 amide bonds. The summed E-state index contributed by atoms with van der Waals surface area (Å²) in [5.74, 6) is 2.11. The van der Waals surface area contributed by atoms with Crippen LogP contribution in [-0.2, 0) is 0 Å². The Morgan fingerprint density at radius 1 is 1.69 bits per heavy atom. The van der Waals surface area contributed by atoms with Gasteiger partial charge in [0.2, 0.25) is 0 Å². The molecule has 0 fully saturated rings. The van der Waals surface area contributed by atoms with Crippen LogP contribution in [0.1, 0.15) is 23.7 Å². The summed E-state index contributed by atoms with van der Waals surface area (Å²) in [6, 6.07) is 1.10. The fourth-order valence-corrected chi connectivity index (χ4v) is 1.43. The molecule has 1 aromatic heterocycles. The van der Waals surface area contributed by atoms with Crippen molar-refractivity contribution in [1.82, 2.24) is 10.3 Å². The second-order valence-corrected chi connectivity index (χ2v) is 3.88. The highest BCUT2D eigenvalue weighted by atomic mass is 35.5. The molecule has 5 heteroatoms. The van der Waals surface area contributed by atoms with E-state index in [1.807, 2.05) is 6.92 Å². The first-order valence-corrected chi connectivity index (χ1v) is 5.42. The number of rotatable bonds is 3. The monoisotopic (exact) mass is 256 g/mol. The summed E-state index contributed by atoms with van der Waals surface area (Å²) in [4.78, 5) is 15.5. The van der Waals surface area contributed by atoms with Crippen LogP contribution in [0.25, 0.3) is 0 Å². The van der Waals surface area contributed by atoms with Crippen molar-refractivity contribution in [3.8, 4) is 12.3 Å². The van der Waals surface area contributed by atoms with Crippen LogP contribution in [-0.4, -0.2) is 16.9 Å². The Hall–Kier alpha value is -1.24. The summed E-state index contributed by atoms with van der Waals surface area (Å²) in [6.07, 6.45) is 7.22. The average molecular weight is 257 g/mol. The topological polar surface area (TPSA) is 42.0 Å². The molecule has 0 saturated carbocycles. The Morgan fingerprint density at radius 3 is 2.94 bits per heavy atom. The number of amides is 1. The van der Waals surface area contributed by atoms with Gasteiger partial charge in [0.1, 0.15) is 5.15 Å². The van der Waals surface area contributed by atoms with Gasteiger partial charge in [-0.25, -0.2) is 4.98 Å². The summed E-state index contributed by atoms with van der Waals surface area (Å²) in [5, 5.41) is 3.11. The van der Waals surface area contributed by atoms with Crippen LogP contribution in [0.4, 0.5) is 0 Å². The van der Waals surface area contributed by atoms with Crippen LogP contribution in [0, 0.1) is 12.3 Å². The normalized spacial score (nSPS) is 11.6. The zero-order valence-corrected chi connectivity index (χ0v) is 10.1. The van der Waals surface area contributed by atoms with Crippen molar-refractivity contribution < 1.29 is 4.79 Å². The van der Waals surface area contributed by atoms with Gasteiger partial charge in [-0.2, -0.15) is 0 Å². The first kappa shape index (κ1) is 12.8. The molecule has 1 N–H and O–H groups in total. The molecule has 16 heavy (non-hydrogen) atoms. The van der Waals surface area contributed by atoms with E-state index >= 15 is 0 Å². The maximum absolute atomic E-state index is 11.8. The highest BCUT2D eigenvalue weighted by Crippen LogP contribution is 2.18. The van der Waals surface area contributed by atoms with Crippen molar-refractivity contribution in [3.63, 3.8) is 0 Å². The van der Waals surface area contributed by atoms with Gasteiger partial charge in [0.25, 0.3) is 5.91 Å². The van der Waals surface area contributed by atoms with Crippen molar-refractivity contribution in [2.45, 2.75) is 19.4 Å². The summed E-state index contributed by atoms with van der Waals surface area (Å²) in [6.45, 7) is 1.88. The lowest BCUT2D eigenvalue weighted by Crippen LogP contribution is -2.33. The molecular weight excluding hydrogens is 247 g/mol. The van der Waals surface area contributed by atoms with Crippen molar-refractivity contribution in [1.29, 1.82) is 0 Å². The number of terminal acetylenes is 1. The second kappa shape index (κ2) is 5.74. The largest absolute Gasteiger partial charge is 0.338 e. The lowest BCUT2D eigenvalue weighted by Gasteiger charge is -2.11. The van der Waals surface area contributed by atoms with Crippen molar-refractivity contribution in [2.24, 2.45) is 0 Å². The van der Waals surface area contributed by atoms with E-state index in [9.17, 15) is 4.79 Å². The van der Waals surface area contributed by atoms with Gasteiger partial charge in [-0.3, -0.25) is 4.79 Å². The Bertz CT molecular complexity index is 440. The number of carbonyl (C=O) groups excluding carboxylic acids is 1. The summed E-state index contributed by atoms with van der Waals surface area (Å²) < 4.78 is 0. The molecular formula is C11H10Cl2N2O. The molecule has 3 nitrogen and oxygen atoms in total. The van der Waals surface area contributed by atoms with Gasteiger partial charge < -0.3 is 5.32 Å².